The first kappa shape index (κ1) is 11.9. The van der Waals surface area contributed by atoms with Crippen LogP contribution in [-0.4, -0.2) is 25.6 Å². The van der Waals surface area contributed by atoms with Gasteiger partial charge in [-0.05, 0) is 37.5 Å². The molecule has 4 heteroatoms. The second kappa shape index (κ2) is 4.75. The predicted molar refractivity (Wildman–Crippen MR) is 67.3 cm³/mol. The number of nitrogens with two attached hydrogens (primary N) is 1. The molecule has 0 aliphatic carbocycles. The molecule has 2 rings (SSSR count). The Balaban J connectivity index is 2.17. The fourth-order valence-corrected chi connectivity index (χ4v) is 1.87. The van der Waals surface area contributed by atoms with Crippen LogP contribution in [0.1, 0.15) is 18.9 Å². The molecule has 0 spiro atoms. The number of fused-ring (bicyclic) bond motifs is 1. The number of ether oxygens (including phenoxy) is 1. The zero-order chi connectivity index (χ0) is 12.4. The fourth-order valence-electron chi connectivity index (χ4n) is 1.87. The topological polar surface area (TPSA) is 55.6 Å². The highest BCUT2D eigenvalue weighted by atomic mass is 16.5. The number of aryl methyl sites for hydroxylation is 1. The van der Waals surface area contributed by atoms with Crippen LogP contribution in [-0.2, 0) is 11.2 Å². The summed E-state index contributed by atoms with van der Waals surface area (Å²) in [5.41, 5.74) is 7.77. The van der Waals surface area contributed by atoms with Gasteiger partial charge in [0.15, 0.2) is 6.61 Å². The Hall–Kier alpha value is -1.55. The van der Waals surface area contributed by atoms with Crippen molar-refractivity contribution in [2.24, 2.45) is 5.73 Å². The molecule has 1 heterocycles. The number of carbonyl (C=O) groups is 1. The van der Waals surface area contributed by atoms with Crippen molar-refractivity contribution >= 4 is 11.6 Å². The molecule has 1 unspecified atom stereocenters. The van der Waals surface area contributed by atoms with Gasteiger partial charge >= 0.3 is 0 Å². The van der Waals surface area contributed by atoms with Gasteiger partial charge < -0.3 is 15.4 Å². The highest BCUT2D eigenvalue weighted by molar-refractivity contribution is 5.97. The molecule has 0 bridgehead atoms. The average molecular weight is 234 g/mol. The lowest BCUT2D eigenvalue weighted by Gasteiger charge is -2.26. The lowest BCUT2D eigenvalue weighted by atomic mass is 10.0. The maximum atomic E-state index is 11.4. The molecule has 17 heavy (non-hydrogen) atoms. The van der Waals surface area contributed by atoms with Crippen molar-refractivity contribution in [3.05, 3.63) is 23.8 Å². The summed E-state index contributed by atoms with van der Waals surface area (Å²) in [5, 5.41) is 0. The van der Waals surface area contributed by atoms with Crippen LogP contribution in [0.2, 0.25) is 0 Å². The molecular weight excluding hydrogens is 216 g/mol. The SMILES string of the molecule is CC(N)CCc1ccc2c(c1)OCC(=O)N2C. The second-order valence-electron chi connectivity index (χ2n) is 4.56. The van der Waals surface area contributed by atoms with Crippen LogP contribution < -0.4 is 15.4 Å². The summed E-state index contributed by atoms with van der Waals surface area (Å²) >= 11 is 0. The Morgan fingerprint density at radius 1 is 1.53 bits per heavy atom. The summed E-state index contributed by atoms with van der Waals surface area (Å²) in [5.74, 6) is 0.773. The van der Waals surface area contributed by atoms with E-state index in [2.05, 4.69) is 0 Å². The summed E-state index contributed by atoms with van der Waals surface area (Å²) in [4.78, 5) is 13.1. The number of benzene rings is 1. The van der Waals surface area contributed by atoms with Gasteiger partial charge in [0.1, 0.15) is 5.75 Å². The quantitative estimate of drug-likeness (QED) is 0.858. The van der Waals surface area contributed by atoms with Crippen LogP contribution in [0.25, 0.3) is 0 Å². The standard InChI is InChI=1S/C13H18N2O2/c1-9(14)3-4-10-5-6-11-12(7-10)17-8-13(16)15(11)2/h5-7,9H,3-4,8,14H2,1-2H3. The first-order valence-corrected chi connectivity index (χ1v) is 5.86. The molecule has 1 aliphatic rings. The van der Waals surface area contributed by atoms with Crippen LogP contribution >= 0.6 is 0 Å². The first-order chi connectivity index (χ1) is 8.08. The number of carbonyl (C=O) groups excluding carboxylic acids is 1. The second-order valence-corrected chi connectivity index (χ2v) is 4.56. The minimum atomic E-state index is -0.0131. The average Bonchev–Trinajstić information content (AvgIpc) is 2.31. The Kier molecular flexibility index (Phi) is 3.33. The number of hydrogen-bond donors (Lipinski definition) is 1. The molecule has 0 aromatic heterocycles. The molecule has 0 fully saturated rings. The number of rotatable bonds is 3. The van der Waals surface area contributed by atoms with Crippen LogP contribution in [0.3, 0.4) is 0 Å². The van der Waals surface area contributed by atoms with Crippen LogP contribution in [0.5, 0.6) is 5.75 Å². The van der Waals surface area contributed by atoms with Gasteiger partial charge in [-0.3, -0.25) is 4.79 Å². The summed E-state index contributed by atoms with van der Waals surface area (Å²) in [6.45, 7) is 2.13. The Morgan fingerprint density at radius 3 is 3.00 bits per heavy atom. The van der Waals surface area contributed by atoms with Crippen LogP contribution in [0.4, 0.5) is 5.69 Å². The summed E-state index contributed by atoms with van der Waals surface area (Å²) in [6, 6.07) is 6.17. The number of amides is 1. The van der Waals surface area contributed by atoms with Crippen LogP contribution in [0.15, 0.2) is 18.2 Å². The van der Waals surface area contributed by atoms with Crippen molar-refractivity contribution in [3.8, 4) is 5.75 Å². The van der Waals surface area contributed by atoms with Crippen molar-refractivity contribution in [1.29, 1.82) is 0 Å². The normalized spacial score (nSPS) is 16.4. The number of anilines is 1. The van der Waals surface area contributed by atoms with Crippen molar-refractivity contribution < 1.29 is 9.53 Å². The Morgan fingerprint density at radius 2 is 2.29 bits per heavy atom. The first-order valence-electron chi connectivity index (χ1n) is 5.86. The molecular formula is C13H18N2O2. The van der Waals surface area contributed by atoms with E-state index in [-0.39, 0.29) is 18.6 Å². The van der Waals surface area contributed by atoms with Gasteiger partial charge in [0.2, 0.25) is 0 Å². The molecule has 2 N–H and O–H groups in total. The smallest absolute Gasteiger partial charge is 0.264 e. The van der Waals surface area contributed by atoms with Crippen molar-refractivity contribution in [2.75, 3.05) is 18.6 Å². The molecule has 1 aromatic rings. The summed E-state index contributed by atoms with van der Waals surface area (Å²) < 4.78 is 5.43. The monoisotopic (exact) mass is 234 g/mol. The van der Waals surface area contributed by atoms with E-state index in [0.717, 1.165) is 24.3 Å². The minimum absolute atomic E-state index is 0.0131. The van der Waals surface area contributed by atoms with E-state index >= 15 is 0 Å². The molecule has 4 nitrogen and oxygen atoms in total. The Labute approximate surface area is 101 Å². The van der Waals surface area contributed by atoms with Crippen molar-refractivity contribution in [3.63, 3.8) is 0 Å². The zero-order valence-electron chi connectivity index (χ0n) is 10.3. The van der Waals surface area contributed by atoms with E-state index in [9.17, 15) is 4.79 Å². The molecule has 1 aromatic carbocycles. The molecule has 0 radical (unpaired) electrons. The lowest BCUT2D eigenvalue weighted by Crippen LogP contribution is -2.35. The van der Waals surface area contributed by atoms with E-state index in [4.69, 9.17) is 10.5 Å². The van der Waals surface area contributed by atoms with E-state index in [1.54, 1.807) is 11.9 Å². The van der Waals surface area contributed by atoms with Crippen molar-refractivity contribution in [2.45, 2.75) is 25.8 Å². The Bertz CT molecular complexity index is 429. The number of nitrogens with zero attached hydrogens (tertiary/aromatic N) is 1. The van der Waals surface area contributed by atoms with Gasteiger partial charge in [-0.1, -0.05) is 6.07 Å². The van der Waals surface area contributed by atoms with Gasteiger partial charge in [0.05, 0.1) is 5.69 Å². The number of hydrogen-bond acceptors (Lipinski definition) is 3. The van der Waals surface area contributed by atoms with E-state index in [1.807, 2.05) is 25.1 Å². The molecule has 0 saturated carbocycles. The minimum Gasteiger partial charge on any atom is -0.482 e. The third kappa shape index (κ3) is 2.58. The number of likely N-dealkylation sites (N-methyl/N-ethyl adjacent to an activating group) is 1. The van der Waals surface area contributed by atoms with Gasteiger partial charge in [0, 0.05) is 13.1 Å². The lowest BCUT2D eigenvalue weighted by molar-refractivity contribution is -0.120. The van der Waals surface area contributed by atoms with E-state index in [1.165, 1.54) is 5.56 Å². The van der Waals surface area contributed by atoms with Gasteiger partial charge in [-0.2, -0.15) is 0 Å². The van der Waals surface area contributed by atoms with Crippen LogP contribution in [0, 0.1) is 0 Å². The third-order valence-electron chi connectivity index (χ3n) is 3.00. The predicted octanol–water partition coefficient (Wildman–Crippen LogP) is 1.32. The molecule has 1 atom stereocenters. The maximum Gasteiger partial charge on any atom is 0.264 e. The van der Waals surface area contributed by atoms with E-state index in [0.29, 0.717) is 0 Å². The molecule has 0 saturated heterocycles. The fraction of sp³-hybridized carbons (Fsp3) is 0.462. The summed E-state index contributed by atoms with van der Waals surface area (Å²) in [7, 11) is 1.77. The molecule has 1 aliphatic heterocycles. The maximum absolute atomic E-state index is 11.4. The zero-order valence-corrected chi connectivity index (χ0v) is 10.3. The largest absolute Gasteiger partial charge is 0.482 e. The highest BCUT2D eigenvalue weighted by Crippen LogP contribution is 2.32. The van der Waals surface area contributed by atoms with E-state index < -0.39 is 0 Å². The highest BCUT2D eigenvalue weighted by Gasteiger charge is 2.21. The third-order valence-corrected chi connectivity index (χ3v) is 3.00. The van der Waals surface area contributed by atoms with Gasteiger partial charge in [0.25, 0.3) is 5.91 Å². The van der Waals surface area contributed by atoms with Gasteiger partial charge in [-0.25, -0.2) is 0 Å². The summed E-state index contributed by atoms with van der Waals surface area (Å²) in [6.07, 6.45) is 1.89. The van der Waals surface area contributed by atoms with Crippen molar-refractivity contribution in [1.82, 2.24) is 0 Å². The molecule has 92 valence electrons. The molecule has 1 amide bonds. The van der Waals surface area contributed by atoms with Gasteiger partial charge in [-0.15, -0.1) is 0 Å².